The maximum Gasteiger partial charge on any atom is 0.214 e. The van der Waals surface area contributed by atoms with Gasteiger partial charge in [0.15, 0.2) is 0 Å². The summed E-state index contributed by atoms with van der Waals surface area (Å²) in [5.74, 6) is 0.681. The molecule has 1 N–H and O–H groups in total. The van der Waals surface area contributed by atoms with E-state index in [1.807, 2.05) is 0 Å². The van der Waals surface area contributed by atoms with Crippen LogP contribution in [0.25, 0.3) is 0 Å². The molecule has 0 amide bonds. The minimum atomic E-state index is -3.12. The Hall–Kier alpha value is -0.170. The van der Waals surface area contributed by atoms with Crippen molar-refractivity contribution in [2.45, 2.75) is 38.1 Å². The van der Waals surface area contributed by atoms with Gasteiger partial charge in [0.1, 0.15) is 0 Å². The van der Waals surface area contributed by atoms with E-state index >= 15 is 0 Å². The molecule has 0 aliphatic carbocycles. The summed E-state index contributed by atoms with van der Waals surface area (Å²) >= 11 is 0. The van der Waals surface area contributed by atoms with Crippen LogP contribution in [0.4, 0.5) is 0 Å². The van der Waals surface area contributed by atoms with E-state index in [0.29, 0.717) is 37.9 Å². The quantitative estimate of drug-likeness (QED) is 0.749. The van der Waals surface area contributed by atoms with E-state index in [-0.39, 0.29) is 12.4 Å². The van der Waals surface area contributed by atoms with Crippen LogP contribution in [0.5, 0.6) is 0 Å². The summed E-state index contributed by atoms with van der Waals surface area (Å²) in [7, 11) is -0.965. The first-order valence-corrected chi connectivity index (χ1v) is 8.94. The fraction of sp³-hybridized carbons (Fsp3) is 1.00. The van der Waals surface area contributed by atoms with Crippen LogP contribution < -0.4 is 0 Å². The Bertz CT molecular complexity index is 385. The zero-order valence-electron chi connectivity index (χ0n) is 11.8. The Balaban J connectivity index is 1.92. The number of unbranched alkanes of at least 4 members (excludes halogenated alkanes) is 1. The highest BCUT2D eigenvalue weighted by Gasteiger charge is 2.37. The van der Waals surface area contributed by atoms with E-state index in [0.717, 1.165) is 19.4 Å². The predicted octanol–water partition coefficient (Wildman–Crippen LogP) is 0.505. The van der Waals surface area contributed by atoms with Crippen molar-refractivity contribution in [2.75, 3.05) is 39.0 Å². The second-order valence-electron chi connectivity index (χ2n) is 5.84. The van der Waals surface area contributed by atoms with Gasteiger partial charge in [-0.2, -0.15) is 0 Å². The second kappa shape index (κ2) is 6.52. The highest BCUT2D eigenvalue weighted by Crippen LogP contribution is 2.30. The third-order valence-electron chi connectivity index (χ3n) is 4.51. The Kier molecular flexibility index (Phi) is 5.22. The van der Waals surface area contributed by atoms with Crippen molar-refractivity contribution in [2.24, 2.45) is 5.92 Å². The van der Waals surface area contributed by atoms with Gasteiger partial charge in [-0.05, 0) is 51.6 Å². The second-order valence-corrected chi connectivity index (χ2v) is 7.93. The van der Waals surface area contributed by atoms with Gasteiger partial charge in [-0.1, -0.05) is 0 Å². The molecule has 0 radical (unpaired) electrons. The summed E-state index contributed by atoms with van der Waals surface area (Å²) in [5.41, 5.74) is 0. The van der Waals surface area contributed by atoms with Crippen LogP contribution >= 0.6 is 0 Å². The lowest BCUT2D eigenvalue weighted by Gasteiger charge is -2.45. The fourth-order valence-corrected chi connectivity index (χ4v) is 5.03. The van der Waals surface area contributed by atoms with E-state index in [2.05, 4.69) is 11.9 Å². The van der Waals surface area contributed by atoms with Crippen LogP contribution in [0.3, 0.4) is 0 Å². The average Bonchev–Trinajstić information content (AvgIpc) is 2.39. The number of nitrogens with zero attached hydrogens (tertiary/aromatic N) is 2. The van der Waals surface area contributed by atoms with Gasteiger partial charge in [0.2, 0.25) is 10.0 Å². The summed E-state index contributed by atoms with van der Waals surface area (Å²) in [6.07, 6.45) is 4.42. The largest absolute Gasteiger partial charge is 0.396 e. The lowest BCUT2D eigenvalue weighted by atomic mass is 9.85. The number of piperidine rings is 2. The van der Waals surface area contributed by atoms with E-state index in [9.17, 15) is 8.42 Å². The molecular formula is C13H26N2O3S. The van der Waals surface area contributed by atoms with Crippen LogP contribution in [0.1, 0.15) is 32.1 Å². The Morgan fingerprint density at radius 3 is 2.74 bits per heavy atom. The maximum absolute atomic E-state index is 12.2. The summed E-state index contributed by atoms with van der Waals surface area (Å²) in [6, 6.07) is 0.567. The first-order chi connectivity index (χ1) is 9.04. The summed E-state index contributed by atoms with van der Waals surface area (Å²) in [6.45, 7) is 2.57. The molecule has 2 atom stereocenters. The van der Waals surface area contributed by atoms with Crippen LogP contribution in [-0.4, -0.2) is 67.8 Å². The molecule has 6 heteroatoms. The summed E-state index contributed by atoms with van der Waals surface area (Å²) in [4.78, 5) is 2.39. The van der Waals surface area contributed by atoms with Crippen LogP contribution in [0.2, 0.25) is 0 Å². The predicted molar refractivity (Wildman–Crippen MR) is 75.4 cm³/mol. The van der Waals surface area contributed by atoms with Crippen molar-refractivity contribution in [1.29, 1.82) is 0 Å². The zero-order chi connectivity index (χ0) is 13.9. The molecule has 2 heterocycles. The van der Waals surface area contributed by atoms with Gasteiger partial charge in [0.05, 0.1) is 5.75 Å². The topological polar surface area (TPSA) is 60.9 Å². The number of rotatable bonds is 5. The minimum Gasteiger partial charge on any atom is -0.396 e. The van der Waals surface area contributed by atoms with Gasteiger partial charge in [-0.3, -0.25) is 0 Å². The maximum atomic E-state index is 12.2. The minimum absolute atomic E-state index is 0.0744. The van der Waals surface area contributed by atoms with Crippen LogP contribution in [0, 0.1) is 5.92 Å². The van der Waals surface area contributed by atoms with Gasteiger partial charge in [0, 0.05) is 25.7 Å². The number of aliphatic hydroxyl groups excluding tert-OH is 1. The van der Waals surface area contributed by atoms with E-state index < -0.39 is 10.0 Å². The number of hydrogen-bond donors (Lipinski definition) is 1. The van der Waals surface area contributed by atoms with Crippen molar-refractivity contribution < 1.29 is 13.5 Å². The molecule has 5 nitrogen and oxygen atoms in total. The van der Waals surface area contributed by atoms with E-state index in [4.69, 9.17) is 5.11 Å². The molecule has 2 fully saturated rings. The molecule has 2 rings (SSSR count). The summed E-state index contributed by atoms with van der Waals surface area (Å²) in [5, 5.41) is 8.74. The molecule has 0 aromatic carbocycles. The Morgan fingerprint density at radius 2 is 2.00 bits per heavy atom. The molecule has 2 aliphatic rings. The van der Waals surface area contributed by atoms with Crippen LogP contribution in [0.15, 0.2) is 0 Å². The van der Waals surface area contributed by atoms with Crippen molar-refractivity contribution in [3.8, 4) is 0 Å². The van der Waals surface area contributed by atoms with Gasteiger partial charge in [-0.15, -0.1) is 0 Å². The van der Waals surface area contributed by atoms with Crippen molar-refractivity contribution in [3.05, 3.63) is 0 Å². The molecule has 0 saturated carbocycles. The molecule has 112 valence electrons. The fourth-order valence-electron chi connectivity index (χ4n) is 3.40. The van der Waals surface area contributed by atoms with Gasteiger partial charge in [-0.25, -0.2) is 12.7 Å². The first kappa shape index (κ1) is 15.2. The molecule has 0 aromatic heterocycles. The van der Waals surface area contributed by atoms with Crippen molar-refractivity contribution in [3.63, 3.8) is 0 Å². The number of likely N-dealkylation sites (tertiary alicyclic amines) is 1. The zero-order valence-corrected chi connectivity index (χ0v) is 12.6. The van der Waals surface area contributed by atoms with E-state index in [1.165, 1.54) is 6.42 Å². The lowest BCUT2D eigenvalue weighted by molar-refractivity contribution is 0.0671. The molecule has 2 unspecified atom stereocenters. The lowest BCUT2D eigenvalue weighted by Crippen LogP contribution is -2.54. The highest BCUT2D eigenvalue weighted by molar-refractivity contribution is 7.89. The van der Waals surface area contributed by atoms with Gasteiger partial charge < -0.3 is 10.0 Å². The number of aliphatic hydroxyl groups is 1. The van der Waals surface area contributed by atoms with E-state index in [1.54, 1.807) is 4.31 Å². The molecule has 0 aromatic rings. The third kappa shape index (κ3) is 3.68. The molecule has 2 aliphatic heterocycles. The molecule has 19 heavy (non-hydrogen) atoms. The standard InChI is InChI=1S/C13H26N2O3S/c1-14-7-4-5-12-11-15(8-6-13(12)14)19(17,18)10-3-2-9-16/h12-13,16H,2-11H2,1H3. The molecule has 0 spiro atoms. The van der Waals surface area contributed by atoms with Crippen LogP contribution in [-0.2, 0) is 10.0 Å². The molecule has 2 saturated heterocycles. The van der Waals surface area contributed by atoms with Gasteiger partial charge >= 0.3 is 0 Å². The normalized spacial score (nSPS) is 30.2. The number of hydrogen-bond acceptors (Lipinski definition) is 4. The first-order valence-electron chi connectivity index (χ1n) is 7.33. The van der Waals surface area contributed by atoms with Gasteiger partial charge in [0.25, 0.3) is 0 Å². The summed E-state index contributed by atoms with van der Waals surface area (Å²) < 4.78 is 26.2. The molecular weight excluding hydrogens is 264 g/mol. The Labute approximate surface area is 116 Å². The average molecular weight is 290 g/mol. The number of fused-ring (bicyclic) bond motifs is 1. The highest BCUT2D eigenvalue weighted by atomic mass is 32.2. The third-order valence-corrected chi connectivity index (χ3v) is 6.44. The molecule has 0 bridgehead atoms. The Morgan fingerprint density at radius 1 is 1.21 bits per heavy atom. The monoisotopic (exact) mass is 290 g/mol. The van der Waals surface area contributed by atoms with Crippen molar-refractivity contribution in [1.82, 2.24) is 9.21 Å². The SMILES string of the molecule is CN1CCCC2CN(S(=O)(=O)CCCCO)CCC21. The van der Waals surface area contributed by atoms with Crippen molar-refractivity contribution >= 4 is 10.0 Å². The number of sulfonamides is 1. The smallest absolute Gasteiger partial charge is 0.214 e.